The van der Waals surface area contributed by atoms with Gasteiger partial charge < -0.3 is 68.0 Å². The lowest BCUT2D eigenvalue weighted by atomic mass is 9.85. The summed E-state index contributed by atoms with van der Waals surface area (Å²) in [6.07, 6.45) is -0.919. The zero-order chi connectivity index (χ0) is 49.7. The Morgan fingerprint density at radius 3 is 2.28 bits per heavy atom. The van der Waals surface area contributed by atoms with Crippen LogP contribution in [0.3, 0.4) is 0 Å². The molecule has 0 aliphatic carbocycles. The predicted octanol–water partition coefficient (Wildman–Crippen LogP) is 2.09. The molecule has 0 fully saturated rings. The molecule has 20 nitrogen and oxygen atoms in total. The van der Waals surface area contributed by atoms with Crippen LogP contribution in [0.2, 0.25) is 0 Å². The van der Waals surface area contributed by atoms with Crippen molar-refractivity contribution in [3.63, 3.8) is 0 Å². The molecule has 1 aliphatic heterocycles. The number of aryl methyl sites for hydroxylation is 2. The molecule has 4 amide bonds. The Hall–Kier alpha value is -7.03. The fraction of sp³-hybridized carbons (Fsp3) is 0.426. The summed E-state index contributed by atoms with van der Waals surface area (Å²) in [5.41, 5.74) is 20.1. The van der Waals surface area contributed by atoms with Gasteiger partial charge in [0.05, 0.1) is 17.9 Å². The molecule has 20 heteroatoms. The lowest BCUT2D eigenvalue weighted by Crippen LogP contribution is -2.54. The summed E-state index contributed by atoms with van der Waals surface area (Å²) < 4.78 is 11.9. The van der Waals surface area contributed by atoms with Crippen LogP contribution in [0, 0.1) is 13.8 Å². The van der Waals surface area contributed by atoms with Crippen molar-refractivity contribution in [1.29, 1.82) is 0 Å². The van der Waals surface area contributed by atoms with Crippen molar-refractivity contribution >= 4 is 35.4 Å². The number of aromatic nitrogens is 2. The lowest BCUT2D eigenvalue weighted by molar-refractivity contribution is -0.143. The number of amides is 4. The number of nitrogen functional groups attached to an aromatic ring is 1. The molecule has 4 bridgehead atoms. The van der Waals surface area contributed by atoms with E-state index >= 15 is 0 Å². The van der Waals surface area contributed by atoms with E-state index in [0.717, 1.165) is 10.5 Å². The van der Waals surface area contributed by atoms with Gasteiger partial charge >= 0.3 is 5.97 Å². The first-order valence-corrected chi connectivity index (χ1v) is 21.7. The largest absolute Gasteiger partial charge is 0.507 e. The van der Waals surface area contributed by atoms with Gasteiger partial charge in [-0.15, -0.1) is 0 Å². The van der Waals surface area contributed by atoms with E-state index in [1.165, 1.54) is 40.0 Å². The molecular weight excluding hydrogens is 867 g/mol. The van der Waals surface area contributed by atoms with E-state index in [0.29, 0.717) is 29.7 Å². The smallest absolute Gasteiger partial charge is 0.326 e. The van der Waals surface area contributed by atoms with Gasteiger partial charge in [-0.3, -0.25) is 19.2 Å². The second-order valence-electron chi connectivity index (χ2n) is 17.6. The summed E-state index contributed by atoms with van der Waals surface area (Å²) in [7, 11) is 1.29. The summed E-state index contributed by atoms with van der Waals surface area (Å²) in [5, 5.41) is 51.0. The summed E-state index contributed by atoms with van der Waals surface area (Å²) >= 11 is 0. The maximum atomic E-state index is 14.5. The highest BCUT2D eigenvalue weighted by Crippen LogP contribution is 2.45. The van der Waals surface area contributed by atoms with Crippen molar-refractivity contribution in [1.82, 2.24) is 30.8 Å². The van der Waals surface area contributed by atoms with E-state index in [4.69, 9.17) is 26.7 Å². The van der Waals surface area contributed by atoms with Gasteiger partial charge in [-0.1, -0.05) is 32.9 Å². The molecule has 1 aliphatic rings. The number of rotatable bonds is 14. The Morgan fingerprint density at radius 1 is 0.970 bits per heavy atom. The molecule has 1 aromatic heterocycles. The number of benzene rings is 3. The third kappa shape index (κ3) is 11.7. The number of carbonyl (C=O) groups excluding carboxylic acids is 4. The molecule has 0 spiro atoms. The van der Waals surface area contributed by atoms with E-state index < -0.39 is 72.2 Å². The number of ether oxygens (including phenoxy) is 2. The summed E-state index contributed by atoms with van der Waals surface area (Å²) in [4.78, 5) is 78.7. The second kappa shape index (κ2) is 21.1. The summed E-state index contributed by atoms with van der Waals surface area (Å²) in [6, 6.07) is 5.21. The average Bonchev–Trinajstić information content (AvgIpc) is 3.24. The monoisotopic (exact) mass is 927 g/mol. The van der Waals surface area contributed by atoms with E-state index in [1.807, 2.05) is 26.8 Å². The van der Waals surface area contributed by atoms with E-state index in [9.17, 15) is 44.4 Å². The van der Waals surface area contributed by atoms with Gasteiger partial charge in [-0.25, -0.2) is 14.8 Å². The number of aliphatic hydroxyl groups is 1. The SMILES string of the molecule is Cc1cc(C(C)(C)C)cc(O)c1-c1nc(C)c(C(=O)N[C@@H](C)C(=O)N(C)[C@@H]2C(=O)N[C@@H](C)C(=O)N[C@H](C(=O)O)Cc3ccc(OCCCN)c(c3)-c3cc2cc(OC[C@H](O)CN)c3O)c(N)n1. The van der Waals surface area contributed by atoms with Crippen LogP contribution in [0.25, 0.3) is 22.5 Å². The first kappa shape index (κ1) is 51.0. The van der Waals surface area contributed by atoms with Crippen molar-refractivity contribution in [3.8, 4) is 45.5 Å². The fourth-order valence-electron chi connectivity index (χ4n) is 7.55. The maximum absolute atomic E-state index is 14.5. The minimum atomic E-state index is -1.62. The molecule has 2 heterocycles. The molecule has 5 atom stereocenters. The first-order chi connectivity index (χ1) is 31.5. The van der Waals surface area contributed by atoms with Crippen LogP contribution in [-0.2, 0) is 31.0 Å². The number of carbonyl (C=O) groups is 5. The van der Waals surface area contributed by atoms with Gasteiger partial charge in [0.25, 0.3) is 5.91 Å². The van der Waals surface area contributed by atoms with Crippen molar-refractivity contribution in [3.05, 3.63) is 76.0 Å². The van der Waals surface area contributed by atoms with Crippen LogP contribution in [0.5, 0.6) is 23.0 Å². The number of phenols is 2. The molecule has 4 aromatic rings. The number of aromatic hydroxyl groups is 2. The van der Waals surface area contributed by atoms with E-state index in [2.05, 4.69) is 25.9 Å². The minimum Gasteiger partial charge on any atom is -0.507 e. The predicted molar refractivity (Wildman–Crippen MR) is 248 cm³/mol. The zero-order valence-corrected chi connectivity index (χ0v) is 38.9. The number of phenolic OH excluding ortho intramolecular Hbond substituents is 2. The Morgan fingerprint density at radius 2 is 1.67 bits per heavy atom. The Kier molecular flexibility index (Phi) is 16.0. The molecule has 0 saturated heterocycles. The third-order valence-corrected chi connectivity index (χ3v) is 11.3. The molecule has 3 aromatic carbocycles. The number of hydrogen-bond donors (Lipinski definition) is 10. The van der Waals surface area contributed by atoms with Gasteiger partial charge in [0.15, 0.2) is 17.3 Å². The quantitative estimate of drug-likeness (QED) is 0.0810. The number of fused-ring (bicyclic) bond motifs is 5. The van der Waals surface area contributed by atoms with Crippen LogP contribution in [0.4, 0.5) is 5.82 Å². The molecule has 0 radical (unpaired) electrons. The molecule has 13 N–H and O–H groups in total. The lowest BCUT2D eigenvalue weighted by Gasteiger charge is -2.32. The number of hydrogen-bond acceptors (Lipinski definition) is 15. The number of nitrogens with zero attached hydrogens (tertiary/aromatic N) is 3. The van der Waals surface area contributed by atoms with Crippen LogP contribution >= 0.6 is 0 Å². The number of carboxylic acids is 1. The van der Waals surface area contributed by atoms with Gasteiger partial charge in [-0.05, 0) is 98.7 Å². The van der Waals surface area contributed by atoms with Gasteiger partial charge in [-0.2, -0.15) is 0 Å². The minimum absolute atomic E-state index is 0.0309. The number of nitrogens with two attached hydrogens (primary N) is 3. The highest BCUT2D eigenvalue weighted by molar-refractivity contribution is 6.02. The zero-order valence-electron chi connectivity index (χ0n) is 38.9. The summed E-state index contributed by atoms with van der Waals surface area (Å²) in [6.45, 7) is 11.9. The number of aliphatic hydroxyl groups excluding tert-OH is 1. The Bertz CT molecular complexity index is 2500. The number of anilines is 1. The Balaban J connectivity index is 1.59. The van der Waals surface area contributed by atoms with Crippen LogP contribution in [0.1, 0.15) is 85.4 Å². The van der Waals surface area contributed by atoms with Gasteiger partial charge in [0.1, 0.15) is 59.8 Å². The van der Waals surface area contributed by atoms with Crippen LogP contribution in [0.15, 0.2) is 42.5 Å². The molecule has 5 rings (SSSR count). The highest BCUT2D eigenvalue weighted by atomic mass is 16.5. The van der Waals surface area contributed by atoms with E-state index in [-0.39, 0.29) is 81.8 Å². The van der Waals surface area contributed by atoms with Crippen molar-refractivity contribution in [2.75, 3.05) is 39.1 Å². The van der Waals surface area contributed by atoms with Crippen LogP contribution < -0.4 is 42.6 Å². The van der Waals surface area contributed by atoms with Crippen molar-refractivity contribution < 1.29 is 53.9 Å². The molecule has 0 unspecified atom stereocenters. The first-order valence-electron chi connectivity index (χ1n) is 21.7. The highest BCUT2D eigenvalue weighted by Gasteiger charge is 2.36. The maximum Gasteiger partial charge on any atom is 0.326 e. The number of likely N-dealkylation sites (N-methyl/N-ethyl adjacent to an activating group) is 1. The Labute approximate surface area is 388 Å². The topological polar surface area (TPSA) is 328 Å². The van der Waals surface area contributed by atoms with Crippen molar-refractivity contribution in [2.45, 2.75) is 97.0 Å². The third-order valence-electron chi connectivity index (χ3n) is 11.3. The van der Waals surface area contributed by atoms with Crippen molar-refractivity contribution in [2.24, 2.45) is 11.5 Å². The second-order valence-corrected chi connectivity index (χ2v) is 17.6. The number of carboxylic acid groups (broad SMARTS) is 1. The summed E-state index contributed by atoms with van der Waals surface area (Å²) in [5.74, 6) is -5.43. The van der Waals surface area contributed by atoms with E-state index in [1.54, 1.807) is 31.2 Å². The molecule has 0 saturated carbocycles. The van der Waals surface area contributed by atoms with Gasteiger partial charge in [0.2, 0.25) is 17.7 Å². The molecule has 67 heavy (non-hydrogen) atoms. The fourth-order valence-corrected chi connectivity index (χ4v) is 7.55. The normalized spacial score (nSPS) is 17.3. The average molecular weight is 928 g/mol. The van der Waals surface area contributed by atoms with Gasteiger partial charge in [0, 0.05) is 31.1 Å². The van der Waals surface area contributed by atoms with Crippen LogP contribution in [-0.4, -0.2) is 122 Å². The number of nitrogens with one attached hydrogen (secondary N) is 3. The molecular formula is C47H61N9O11. The number of aliphatic carboxylic acids is 1. The molecule has 360 valence electrons. The standard InChI is InChI=1S/C47H61N9O11/c1-22-14-28(47(5,6)7)19-33(58)36(22)41-51-23(2)37(40(50)55-41)43(61)53-25(4)45(63)56(8)38-27-17-31(39(59)35(18-27)67-21-29(57)20-49)30-15-26(10-11-34(30)66-13-9-12-48)16-32(46(64)65)54-42(60)24(3)52-44(38)62/h10-11,14-15,17-19,24-25,29,32,38,57-59H,9,12-13,16,20-21,48-49H2,1-8H3,(H,52,62)(H,53,61)(H,54,60)(H,64,65)(H2,50,51,55)/t24-,25-,29+,32-,38-/m0/s1.